The van der Waals surface area contributed by atoms with Crippen LogP contribution in [0.3, 0.4) is 0 Å². The monoisotopic (exact) mass is 340 g/mol. The van der Waals surface area contributed by atoms with Crippen molar-refractivity contribution in [3.8, 4) is 6.07 Å². The summed E-state index contributed by atoms with van der Waals surface area (Å²) < 4.78 is 0. The SMILES string of the molecule is CC1CC(NC(=O)N2CCC[C@@H](c3ccccc3)C2)C(=O)N1CC#N. The molecular weight excluding hydrogens is 316 g/mol. The maximum atomic E-state index is 12.6. The van der Waals surface area contributed by atoms with Gasteiger partial charge in [-0.05, 0) is 31.7 Å². The van der Waals surface area contributed by atoms with Gasteiger partial charge in [0.15, 0.2) is 0 Å². The van der Waals surface area contributed by atoms with Gasteiger partial charge in [0.25, 0.3) is 0 Å². The average Bonchev–Trinajstić information content (AvgIpc) is 2.90. The smallest absolute Gasteiger partial charge is 0.318 e. The molecule has 2 heterocycles. The number of carbonyl (C=O) groups is 2. The molecular formula is C19H24N4O2. The van der Waals surface area contributed by atoms with Crippen molar-refractivity contribution in [1.82, 2.24) is 15.1 Å². The maximum absolute atomic E-state index is 12.6. The van der Waals surface area contributed by atoms with Gasteiger partial charge in [0, 0.05) is 25.0 Å². The van der Waals surface area contributed by atoms with E-state index in [1.165, 1.54) is 10.5 Å². The first-order valence-corrected chi connectivity index (χ1v) is 8.88. The van der Waals surface area contributed by atoms with E-state index in [2.05, 4.69) is 17.4 Å². The fourth-order valence-corrected chi connectivity index (χ4v) is 3.82. The van der Waals surface area contributed by atoms with Crippen molar-refractivity contribution in [3.05, 3.63) is 35.9 Å². The fraction of sp³-hybridized carbons (Fsp3) is 0.526. The zero-order valence-corrected chi connectivity index (χ0v) is 14.5. The molecule has 132 valence electrons. The fourth-order valence-electron chi connectivity index (χ4n) is 3.82. The Hall–Kier alpha value is -2.55. The number of amides is 3. The highest BCUT2D eigenvalue weighted by molar-refractivity contribution is 5.89. The summed E-state index contributed by atoms with van der Waals surface area (Å²) in [6.45, 7) is 3.38. The highest BCUT2D eigenvalue weighted by Crippen LogP contribution is 2.27. The summed E-state index contributed by atoms with van der Waals surface area (Å²) in [7, 11) is 0. The lowest BCUT2D eigenvalue weighted by Crippen LogP contribution is -2.50. The molecule has 25 heavy (non-hydrogen) atoms. The van der Waals surface area contributed by atoms with Gasteiger partial charge in [-0.15, -0.1) is 0 Å². The molecule has 2 unspecified atom stereocenters. The van der Waals surface area contributed by atoms with Crippen LogP contribution in [0.15, 0.2) is 30.3 Å². The van der Waals surface area contributed by atoms with Gasteiger partial charge in [-0.1, -0.05) is 30.3 Å². The topological polar surface area (TPSA) is 76.4 Å². The Labute approximate surface area is 148 Å². The Kier molecular flexibility index (Phi) is 5.22. The molecule has 1 aromatic carbocycles. The van der Waals surface area contributed by atoms with Crippen LogP contribution in [-0.2, 0) is 4.79 Å². The second-order valence-corrected chi connectivity index (χ2v) is 6.91. The van der Waals surface area contributed by atoms with Gasteiger partial charge < -0.3 is 15.1 Å². The van der Waals surface area contributed by atoms with E-state index < -0.39 is 6.04 Å². The van der Waals surface area contributed by atoms with Gasteiger partial charge in [-0.25, -0.2) is 4.79 Å². The molecule has 0 bridgehead atoms. The molecule has 0 aromatic heterocycles. The van der Waals surface area contributed by atoms with Crippen LogP contribution < -0.4 is 5.32 Å². The lowest BCUT2D eigenvalue weighted by molar-refractivity contribution is -0.129. The molecule has 2 aliphatic rings. The van der Waals surface area contributed by atoms with E-state index in [0.29, 0.717) is 25.4 Å². The molecule has 0 saturated carbocycles. The summed E-state index contributed by atoms with van der Waals surface area (Å²) in [6, 6.07) is 11.6. The van der Waals surface area contributed by atoms with Crippen LogP contribution in [0.5, 0.6) is 0 Å². The zero-order valence-electron chi connectivity index (χ0n) is 14.5. The minimum atomic E-state index is -0.520. The molecule has 0 spiro atoms. The summed E-state index contributed by atoms with van der Waals surface area (Å²) in [4.78, 5) is 28.3. The third-order valence-corrected chi connectivity index (χ3v) is 5.21. The van der Waals surface area contributed by atoms with Crippen molar-refractivity contribution in [2.24, 2.45) is 0 Å². The molecule has 1 aromatic rings. The van der Waals surface area contributed by atoms with E-state index in [1.54, 1.807) is 0 Å². The molecule has 6 nitrogen and oxygen atoms in total. The van der Waals surface area contributed by atoms with E-state index in [4.69, 9.17) is 5.26 Å². The first-order chi connectivity index (χ1) is 12.1. The Morgan fingerprint density at radius 2 is 2.12 bits per heavy atom. The van der Waals surface area contributed by atoms with Gasteiger partial charge in [0.05, 0.1) is 6.07 Å². The predicted octanol–water partition coefficient (Wildman–Crippen LogP) is 2.09. The molecule has 1 N–H and O–H groups in total. The summed E-state index contributed by atoms with van der Waals surface area (Å²) in [6.07, 6.45) is 2.59. The van der Waals surface area contributed by atoms with E-state index >= 15 is 0 Å². The Morgan fingerprint density at radius 1 is 1.36 bits per heavy atom. The number of rotatable bonds is 3. The Bertz CT molecular complexity index is 670. The van der Waals surface area contributed by atoms with E-state index in [0.717, 1.165) is 12.8 Å². The van der Waals surface area contributed by atoms with E-state index in [1.807, 2.05) is 36.1 Å². The number of nitriles is 1. The predicted molar refractivity (Wildman–Crippen MR) is 93.7 cm³/mol. The molecule has 6 heteroatoms. The number of nitrogens with one attached hydrogen (secondary N) is 1. The van der Waals surface area contributed by atoms with Gasteiger partial charge in [-0.3, -0.25) is 4.79 Å². The number of benzene rings is 1. The number of likely N-dealkylation sites (tertiary alicyclic amines) is 2. The van der Waals surface area contributed by atoms with Crippen molar-refractivity contribution < 1.29 is 9.59 Å². The second-order valence-electron chi connectivity index (χ2n) is 6.91. The average molecular weight is 340 g/mol. The van der Waals surface area contributed by atoms with Crippen LogP contribution in [0.25, 0.3) is 0 Å². The summed E-state index contributed by atoms with van der Waals surface area (Å²) in [5.41, 5.74) is 1.26. The zero-order chi connectivity index (χ0) is 17.8. The molecule has 3 atom stereocenters. The van der Waals surface area contributed by atoms with Gasteiger partial charge >= 0.3 is 6.03 Å². The quantitative estimate of drug-likeness (QED) is 0.856. The van der Waals surface area contributed by atoms with Crippen LogP contribution >= 0.6 is 0 Å². The van der Waals surface area contributed by atoms with Crippen LogP contribution in [0.1, 0.15) is 37.7 Å². The van der Waals surface area contributed by atoms with Crippen molar-refractivity contribution in [1.29, 1.82) is 5.26 Å². The molecule has 2 aliphatic heterocycles. The molecule has 0 aliphatic carbocycles. The molecule has 0 radical (unpaired) electrons. The third-order valence-electron chi connectivity index (χ3n) is 5.21. The molecule has 2 saturated heterocycles. The number of carbonyl (C=O) groups excluding carboxylic acids is 2. The summed E-state index contributed by atoms with van der Waals surface area (Å²) in [5.74, 6) is 0.188. The number of nitrogens with zero attached hydrogens (tertiary/aromatic N) is 3. The normalized spacial score (nSPS) is 26.4. The minimum absolute atomic E-state index is 0.0177. The van der Waals surface area contributed by atoms with Crippen molar-refractivity contribution in [2.45, 2.75) is 44.2 Å². The lowest BCUT2D eigenvalue weighted by Gasteiger charge is -2.33. The highest BCUT2D eigenvalue weighted by atomic mass is 16.2. The third kappa shape index (κ3) is 3.76. The van der Waals surface area contributed by atoms with Crippen molar-refractivity contribution in [2.75, 3.05) is 19.6 Å². The second kappa shape index (κ2) is 7.56. The summed E-state index contributed by atoms with van der Waals surface area (Å²) in [5, 5.41) is 11.7. The largest absolute Gasteiger partial charge is 0.326 e. The molecule has 3 rings (SSSR count). The van der Waals surface area contributed by atoms with Crippen LogP contribution in [0.2, 0.25) is 0 Å². The number of piperidine rings is 1. The van der Waals surface area contributed by atoms with Crippen LogP contribution in [0.4, 0.5) is 4.79 Å². The maximum Gasteiger partial charge on any atom is 0.318 e. The standard InChI is InChI=1S/C19H24N4O2/c1-14-12-17(18(24)23(14)11-9-20)21-19(25)22-10-5-8-16(13-22)15-6-3-2-4-7-15/h2-4,6-7,14,16-17H,5,8,10-13H2,1H3,(H,21,25)/t14?,16-,17?/m1/s1. The first-order valence-electron chi connectivity index (χ1n) is 8.88. The van der Waals surface area contributed by atoms with Gasteiger partial charge in [0.1, 0.15) is 12.6 Å². The minimum Gasteiger partial charge on any atom is -0.326 e. The van der Waals surface area contributed by atoms with Crippen LogP contribution in [0, 0.1) is 11.3 Å². The summed E-state index contributed by atoms with van der Waals surface area (Å²) >= 11 is 0. The van der Waals surface area contributed by atoms with E-state index in [-0.39, 0.29) is 24.5 Å². The number of hydrogen-bond donors (Lipinski definition) is 1. The first kappa shape index (κ1) is 17.3. The van der Waals surface area contributed by atoms with Crippen molar-refractivity contribution in [3.63, 3.8) is 0 Å². The Balaban J connectivity index is 1.60. The van der Waals surface area contributed by atoms with Gasteiger partial charge in [0.2, 0.25) is 5.91 Å². The van der Waals surface area contributed by atoms with Gasteiger partial charge in [-0.2, -0.15) is 5.26 Å². The Morgan fingerprint density at radius 3 is 2.84 bits per heavy atom. The van der Waals surface area contributed by atoms with Crippen molar-refractivity contribution >= 4 is 11.9 Å². The van der Waals surface area contributed by atoms with Crippen LogP contribution in [-0.4, -0.2) is 53.5 Å². The lowest BCUT2D eigenvalue weighted by atomic mass is 9.91. The highest BCUT2D eigenvalue weighted by Gasteiger charge is 2.38. The van der Waals surface area contributed by atoms with E-state index in [9.17, 15) is 9.59 Å². The molecule has 3 amide bonds. The molecule has 2 fully saturated rings. The number of hydrogen-bond acceptors (Lipinski definition) is 3. The number of urea groups is 1.